The number of fused-ring (bicyclic) bond motifs is 2. The van der Waals surface area contributed by atoms with Gasteiger partial charge in [0, 0.05) is 25.4 Å². The molecule has 4 saturated heterocycles. The summed E-state index contributed by atoms with van der Waals surface area (Å²) < 4.78 is 65.5. The number of cyclic esters (lactones) is 1. The highest BCUT2D eigenvalue weighted by Crippen LogP contribution is 2.45. The van der Waals surface area contributed by atoms with Crippen LogP contribution in [0.2, 0.25) is 0 Å². The lowest BCUT2D eigenvalue weighted by Gasteiger charge is -2.51. The van der Waals surface area contributed by atoms with Crippen molar-refractivity contribution in [2.24, 2.45) is 23.7 Å². The first-order chi connectivity index (χ1) is 32.4. The Hall–Kier alpha value is -3.77. The number of ether oxygens (including phenoxy) is 10. The molecule has 2 unspecified atom stereocenters. The number of hydrogen-bond acceptors (Lipinski definition) is 15. The third-order valence-electron chi connectivity index (χ3n) is 14.8. The van der Waals surface area contributed by atoms with Crippen LogP contribution < -0.4 is 0 Å². The molecular formula is C54H79NO14. The fourth-order valence-corrected chi connectivity index (χ4v) is 11.1. The number of likely N-dealkylation sites (N-methyl/N-ethyl adjacent to an activating group) is 1. The molecule has 15 heteroatoms. The molecule has 0 radical (unpaired) electrons. The van der Waals surface area contributed by atoms with Gasteiger partial charge in [0.25, 0.3) is 0 Å². The molecule has 4 aliphatic heterocycles. The highest BCUT2D eigenvalue weighted by atomic mass is 16.7. The molecule has 4 aliphatic rings. The standard InChI is InChI=1S/C54H79NO14/c1-16-40-32(4)44-33(5)42(68-52(9,10)69-44)30(2)28-53(11,59)46(67-51-45(39(55(13)14)27-31(3)61-51)65-49(57)37-23-19-17-20-24-37)34(6)43(35(7)48(56)63-40)64-41-29-54(12,60-15)47(36(8)62-41)66-50(58)38-25-21-18-22-26-38/h17-26,30-31,33-36,39-47,51,59H,4,16,27-29H2,1-3,5-15H3/t30-,31-,33+,34+,35-,36+,39+,40?,41+,42+,43?,44+,45-,46-,47+,51+,53-,54-/m1/s1. The molecule has 0 aromatic heterocycles. The number of aliphatic hydroxyl groups is 1. The van der Waals surface area contributed by atoms with Crippen molar-refractivity contribution in [1.29, 1.82) is 0 Å². The predicted octanol–water partition coefficient (Wildman–Crippen LogP) is 7.91. The van der Waals surface area contributed by atoms with E-state index in [4.69, 9.17) is 47.4 Å². The van der Waals surface area contributed by atoms with E-state index in [1.165, 1.54) is 0 Å². The molecule has 1 N–H and O–H groups in total. The van der Waals surface area contributed by atoms with Crippen LogP contribution >= 0.6 is 0 Å². The van der Waals surface area contributed by atoms with Crippen molar-refractivity contribution in [3.05, 3.63) is 83.9 Å². The van der Waals surface area contributed by atoms with Crippen LogP contribution in [0.3, 0.4) is 0 Å². The summed E-state index contributed by atoms with van der Waals surface area (Å²) in [6.07, 6.45) is -7.73. The Labute approximate surface area is 409 Å². The fraction of sp³-hybridized carbons (Fsp3) is 0.685. The van der Waals surface area contributed by atoms with Gasteiger partial charge in [-0.1, -0.05) is 70.7 Å². The van der Waals surface area contributed by atoms with Gasteiger partial charge in [-0.25, -0.2) is 9.59 Å². The number of carbonyl (C=O) groups excluding carboxylic acids is 3. The Morgan fingerprint density at radius 2 is 1.39 bits per heavy atom. The second-order valence-corrected chi connectivity index (χ2v) is 21.1. The van der Waals surface area contributed by atoms with Gasteiger partial charge in [0.05, 0.1) is 65.3 Å². The molecule has 15 nitrogen and oxygen atoms in total. The average molecular weight is 966 g/mol. The largest absolute Gasteiger partial charge is 0.457 e. The Morgan fingerprint density at radius 3 is 1.96 bits per heavy atom. The Balaban J connectivity index is 1.43. The highest BCUT2D eigenvalue weighted by Gasteiger charge is 2.55. The van der Waals surface area contributed by atoms with Crippen LogP contribution in [0.15, 0.2) is 72.8 Å². The zero-order valence-electron chi connectivity index (χ0n) is 43.2. The van der Waals surface area contributed by atoms with Crippen LogP contribution in [0.25, 0.3) is 0 Å². The first kappa shape index (κ1) is 54.6. The first-order valence-corrected chi connectivity index (χ1v) is 24.7. The van der Waals surface area contributed by atoms with Crippen LogP contribution in [0.1, 0.15) is 123 Å². The van der Waals surface area contributed by atoms with E-state index in [1.807, 2.05) is 86.5 Å². The summed E-state index contributed by atoms with van der Waals surface area (Å²) in [5.74, 6) is -5.03. The summed E-state index contributed by atoms with van der Waals surface area (Å²) in [5.41, 5.74) is -1.42. The van der Waals surface area contributed by atoms with Crippen molar-refractivity contribution in [1.82, 2.24) is 4.90 Å². The molecule has 69 heavy (non-hydrogen) atoms. The van der Waals surface area contributed by atoms with Gasteiger partial charge in [-0.15, -0.1) is 0 Å². The summed E-state index contributed by atoms with van der Waals surface area (Å²) in [6, 6.07) is 17.1. The molecule has 4 fully saturated rings. The van der Waals surface area contributed by atoms with Crippen molar-refractivity contribution in [2.75, 3.05) is 21.2 Å². The number of carbonyl (C=O) groups is 3. The van der Waals surface area contributed by atoms with Crippen molar-refractivity contribution in [2.45, 2.75) is 192 Å². The maximum atomic E-state index is 14.8. The second-order valence-electron chi connectivity index (χ2n) is 21.1. The fourth-order valence-electron chi connectivity index (χ4n) is 11.1. The summed E-state index contributed by atoms with van der Waals surface area (Å²) in [5, 5.41) is 13.2. The highest BCUT2D eigenvalue weighted by molar-refractivity contribution is 5.90. The van der Waals surface area contributed by atoms with Gasteiger partial charge in [-0.2, -0.15) is 0 Å². The van der Waals surface area contributed by atoms with E-state index in [-0.39, 0.29) is 36.8 Å². The zero-order valence-corrected chi connectivity index (χ0v) is 43.2. The molecule has 0 spiro atoms. The number of esters is 3. The van der Waals surface area contributed by atoms with Crippen LogP contribution in [0.4, 0.5) is 0 Å². The quantitative estimate of drug-likeness (QED) is 0.131. The van der Waals surface area contributed by atoms with Gasteiger partial charge in [0.1, 0.15) is 11.7 Å². The third-order valence-corrected chi connectivity index (χ3v) is 14.8. The summed E-state index contributed by atoms with van der Waals surface area (Å²) in [4.78, 5) is 44.0. The van der Waals surface area contributed by atoms with Crippen LogP contribution in [-0.4, -0.2) is 140 Å². The van der Waals surface area contributed by atoms with E-state index in [0.29, 0.717) is 29.5 Å². The topological polar surface area (TPSA) is 167 Å². The Bertz CT molecular complexity index is 2050. The summed E-state index contributed by atoms with van der Waals surface area (Å²) >= 11 is 0. The predicted molar refractivity (Wildman–Crippen MR) is 257 cm³/mol. The van der Waals surface area contributed by atoms with Crippen molar-refractivity contribution in [3.63, 3.8) is 0 Å². The molecule has 2 aromatic carbocycles. The minimum atomic E-state index is -1.68. The van der Waals surface area contributed by atoms with Crippen LogP contribution in [0.5, 0.6) is 0 Å². The zero-order chi connectivity index (χ0) is 50.7. The minimum Gasteiger partial charge on any atom is -0.457 e. The van der Waals surface area contributed by atoms with Gasteiger partial charge in [-0.3, -0.25) is 4.79 Å². The van der Waals surface area contributed by atoms with Gasteiger partial charge in [0.15, 0.2) is 30.6 Å². The number of rotatable bonds is 11. The molecule has 4 heterocycles. The van der Waals surface area contributed by atoms with E-state index >= 15 is 0 Å². The molecule has 18 atom stereocenters. The smallest absolute Gasteiger partial charge is 0.338 e. The molecule has 6 rings (SSSR count). The molecule has 2 aromatic rings. The maximum Gasteiger partial charge on any atom is 0.338 e. The van der Waals surface area contributed by atoms with E-state index in [1.54, 1.807) is 76.4 Å². The number of hydrogen-bond donors (Lipinski definition) is 1. The van der Waals surface area contributed by atoms with Crippen molar-refractivity contribution in [3.8, 4) is 0 Å². The van der Waals surface area contributed by atoms with E-state index in [2.05, 4.69) is 6.58 Å². The van der Waals surface area contributed by atoms with Crippen molar-refractivity contribution < 1.29 is 66.9 Å². The normalized spacial score (nSPS) is 40.0. The van der Waals surface area contributed by atoms with E-state index in [9.17, 15) is 19.5 Å². The van der Waals surface area contributed by atoms with Gasteiger partial charge < -0.3 is 57.4 Å². The van der Waals surface area contributed by atoms with Gasteiger partial charge in [0.2, 0.25) is 0 Å². The first-order valence-electron chi connectivity index (χ1n) is 24.7. The minimum absolute atomic E-state index is 0.0931. The van der Waals surface area contributed by atoms with Crippen LogP contribution in [-0.2, 0) is 52.2 Å². The van der Waals surface area contributed by atoms with E-state index < -0.39 is 108 Å². The maximum absolute atomic E-state index is 14.8. The Morgan fingerprint density at radius 1 is 0.797 bits per heavy atom. The number of benzene rings is 2. The molecule has 0 saturated carbocycles. The third kappa shape index (κ3) is 12.5. The van der Waals surface area contributed by atoms with Crippen molar-refractivity contribution >= 4 is 17.9 Å². The monoisotopic (exact) mass is 966 g/mol. The molecule has 2 bridgehead atoms. The number of nitrogens with zero attached hydrogens (tertiary/aromatic N) is 1. The van der Waals surface area contributed by atoms with Crippen LogP contribution in [0, 0.1) is 23.7 Å². The average Bonchev–Trinajstić information content (AvgIpc) is 3.30. The SMILES string of the molecule is C=C1C(CC)OC(=O)[C@H](C)C(O[C@H]2C[C@@](C)(OC)[C@@H](OC(=O)c3ccccc3)[C@H](C)O2)[C@H](C)[C@@H](O[C@@H]2O[C@H](C)C[C@H](N(C)C)[C@H]2OC(=O)c2ccccc2)[C@](C)(O)C[C@@H](C)[C@@H]2OC(C)(C)O[C@@H]1[C@H]2C. The summed E-state index contributed by atoms with van der Waals surface area (Å²) in [7, 11) is 5.37. The lowest BCUT2D eigenvalue weighted by Crippen LogP contribution is -2.62. The second kappa shape index (κ2) is 22.3. The Kier molecular flexibility index (Phi) is 17.7. The lowest BCUT2D eigenvalue weighted by atomic mass is 9.74. The molecule has 0 aliphatic carbocycles. The molecule has 384 valence electrons. The van der Waals surface area contributed by atoms with E-state index in [0.717, 1.165) is 0 Å². The molecular weight excluding hydrogens is 887 g/mol. The molecule has 0 amide bonds. The lowest BCUT2D eigenvalue weighted by molar-refractivity contribution is -0.329. The van der Waals surface area contributed by atoms with Gasteiger partial charge >= 0.3 is 17.9 Å². The number of methoxy groups -OCH3 is 1. The summed E-state index contributed by atoms with van der Waals surface area (Å²) in [6.45, 7) is 25.0. The van der Waals surface area contributed by atoms with Gasteiger partial charge in [-0.05, 0) is 118 Å².